The molecule has 0 saturated heterocycles. The molecule has 0 heterocycles. The van der Waals surface area contributed by atoms with Crippen LogP contribution in [0.5, 0.6) is 0 Å². The number of carbonyl (C=O) groups is 2. The second kappa shape index (κ2) is 68.1. The van der Waals surface area contributed by atoms with Crippen molar-refractivity contribution in [3.8, 4) is 0 Å². The first kappa shape index (κ1) is 76.6. The van der Waals surface area contributed by atoms with Crippen molar-refractivity contribution >= 4 is 11.9 Å². The number of unbranched alkanes of at least 4 members (excludes halogenated alkanes) is 55. The standard InChI is InChI=1S/C72H141NO5/c1-3-5-7-9-11-13-15-17-18-35-39-42-46-50-54-58-62-66-72(77)78-67-63-59-55-51-47-43-40-37-34-32-30-28-26-24-22-20-19-21-23-25-27-29-31-33-36-38-41-45-49-53-57-61-65-71(76)73-69(68-74)70(75)64-60-56-52-48-44-16-14-12-10-8-6-4-2/h17-18,69-70,74-75H,3-16,19-68H2,1-2H3,(H,73,76)/b18-17-. The molecule has 0 aromatic heterocycles. The summed E-state index contributed by atoms with van der Waals surface area (Å²) in [7, 11) is 0. The first-order valence-electron chi connectivity index (χ1n) is 35.9. The van der Waals surface area contributed by atoms with Crippen LogP contribution in [-0.4, -0.2) is 47.4 Å². The lowest BCUT2D eigenvalue weighted by Gasteiger charge is -2.22. The highest BCUT2D eigenvalue weighted by molar-refractivity contribution is 5.76. The fraction of sp³-hybridized carbons (Fsp3) is 0.944. The highest BCUT2D eigenvalue weighted by atomic mass is 16.5. The maximum Gasteiger partial charge on any atom is 0.305 e. The van der Waals surface area contributed by atoms with Gasteiger partial charge in [0.05, 0.1) is 25.4 Å². The SMILES string of the molecule is CCCCCCCC/C=C\CCCCCCCCCC(=O)OCCCCCCCCCCCCCCCCCCCCCCCCCCCCCCCCCCC(=O)NC(CO)C(O)CCCCCCCCCCCCCC. The van der Waals surface area contributed by atoms with Crippen LogP contribution in [0.1, 0.15) is 412 Å². The zero-order valence-corrected chi connectivity index (χ0v) is 53.2. The molecule has 0 rings (SSSR count). The molecular formula is C72H141NO5. The molecular weight excluding hydrogens is 959 g/mol. The predicted octanol–water partition coefficient (Wildman–Crippen LogP) is 23.1. The summed E-state index contributed by atoms with van der Waals surface area (Å²) in [5.74, 6) is -0.00971. The first-order valence-corrected chi connectivity index (χ1v) is 35.9. The maximum absolute atomic E-state index is 12.5. The Hall–Kier alpha value is -1.40. The normalized spacial score (nSPS) is 12.5. The highest BCUT2D eigenvalue weighted by Gasteiger charge is 2.20. The molecule has 0 bridgehead atoms. The van der Waals surface area contributed by atoms with Gasteiger partial charge in [-0.3, -0.25) is 9.59 Å². The van der Waals surface area contributed by atoms with Gasteiger partial charge < -0.3 is 20.3 Å². The highest BCUT2D eigenvalue weighted by Crippen LogP contribution is 2.19. The number of aliphatic hydroxyl groups is 2. The summed E-state index contributed by atoms with van der Waals surface area (Å²) < 4.78 is 5.51. The Labute approximate surface area is 489 Å². The number of hydrogen-bond donors (Lipinski definition) is 3. The van der Waals surface area contributed by atoms with Gasteiger partial charge in [-0.1, -0.05) is 360 Å². The summed E-state index contributed by atoms with van der Waals surface area (Å²) in [6, 6.07) is -0.536. The minimum atomic E-state index is -0.659. The minimum absolute atomic E-state index is 0.0188. The number of esters is 1. The summed E-state index contributed by atoms with van der Waals surface area (Å²) >= 11 is 0. The van der Waals surface area contributed by atoms with Crippen LogP contribution < -0.4 is 5.32 Å². The molecule has 6 heteroatoms. The maximum atomic E-state index is 12.5. The molecule has 0 aliphatic carbocycles. The minimum Gasteiger partial charge on any atom is -0.466 e. The van der Waals surface area contributed by atoms with E-state index in [2.05, 4.69) is 31.3 Å². The molecule has 78 heavy (non-hydrogen) atoms. The largest absolute Gasteiger partial charge is 0.466 e. The fourth-order valence-corrected chi connectivity index (χ4v) is 11.6. The van der Waals surface area contributed by atoms with Gasteiger partial charge in [-0.15, -0.1) is 0 Å². The Morgan fingerprint density at radius 1 is 0.346 bits per heavy atom. The van der Waals surface area contributed by atoms with Gasteiger partial charge in [0.25, 0.3) is 0 Å². The van der Waals surface area contributed by atoms with Crippen LogP contribution in [0.4, 0.5) is 0 Å². The number of nitrogens with one attached hydrogen (secondary N) is 1. The van der Waals surface area contributed by atoms with Crippen LogP contribution >= 0.6 is 0 Å². The lowest BCUT2D eigenvalue weighted by atomic mass is 10.0. The van der Waals surface area contributed by atoms with E-state index in [0.29, 0.717) is 25.9 Å². The summed E-state index contributed by atoms with van der Waals surface area (Å²) in [6.45, 7) is 4.98. The molecule has 0 spiro atoms. The van der Waals surface area contributed by atoms with Crippen molar-refractivity contribution in [1.82, 2.24) is 5.32 Å². The molecule has 2 unspecified atom stereocenters. The summed E-state index contributed by atoms with van der Waals surface area (Å²) in [6.07, 6.45) is 84.2. The Kier molecular flexibility index (Phi) is 66.9. The van der Waals surface area contributed by atoms with E-state index in [1.54, 1.807) is 0 Å². The average molecular weight is 1100 g/mol. The van der Waals surface area contributed by atoms with Crippen LogP contribution in [0.3, 0.4) is 0 Å². The number of amides is 1. The van der Waals surface area contributed by atoms with Gasteiger partial charge in [0.1, 0.15) is 0 Å². The lowest BCUT2D eigenvalue weighted by Crippen LogP contribution is -2.45. The van der Waals surface area contributed by atoms with Crippen molar-refractivity contribution in [2.24, 2.45) is 0 Å². The molecule has 1 amide bonds. The number of carbonyl (C=O) groups excluding carboxylic acids is 2. The topological polar surface area (TPSA) is 95.9 Å². The number of allylic oxidation sites excluding steroid dienone is 2. The Morgan fingerprint density at radius 3 is 0.910 bits per heavy atom. The number of hydrogen-bond acceptors (Lipinski definition) is 5. The second-order valence-electron chi connectivity index (χ2n) is 24.9. The third-order valence-electron chi connectivity index (χ3n) is 17.1. The number of rotatable bonds is 68. The Bertz CT molecular complexity index is 1180. The van der Waals surface area contributed by atoms with Crippen LogP contribution in [0.25, 0.3) is 0 Å². The van der Waals surface area contributed by atoms with E-state index in [1.807, 2.05) is 0 Å². The van der Waals surface area contributed by atoms with E-state index in [0.717, 1.165) is 38.5 Å². The van der Waals surface area contributed by atoms with Gasteiger partial charge in [-0.05, 0) is 51.4 Å². The summed E-state index contributed by atoms with van der Waals surface area (Å²) in [5.41, 5.74) is 0. The zero-order valence-electron chi connectivity index (χ0n) is 53.2. The predicted molar refractivity (Wildman–Crippen MR) is 343 cm³/mol. The van der Waals surface area contributed by atoms with Gasteiger partial charge in [0.2, 0.25) is 5.91 Å². The molecule has 0 saturated carbocycles. The van der Waals surface area contributed by atoms with Gasteiger partial charge in [-0.25, -0.2) is 0 Å². The summed E-state index contributed by atoms with van der Waals surface area (Å²) in [5, 5.41) is 23.3. The second-order valence-corrected chi connectivity index (χ2v) is 24.9. The third-order valence-corrected chi connectivity index (χ3v) is 17.1. The molecule has 0 fully saturated rings. The zero-order chi connectivity index (χ0) is 56.4. The molecule has 0 aromatic rings. The number of aliphatic hydroxyl groups excluding tert-OH is 2. The van der Waals surface area contributed by atoms with Crippen molar-refractivity contribution in [1.29, 1.82) is 0 Å². The smallest absolute Gasteiger partial charge is 0.305 e. The lowest BCUT2D eigenvalue weighted by molar-refractivity contribution is -0.143. The van der Waals surface area contributed by atoms with Crippen LogP contribution in [0, 0.1) is 0 Å². The van der Waals surface area contributed by atoms with Crippen molar-refractivity contribution < 1.29 is 24.5 Å². The molecule has 0 radical (unpaired) electrons. The van der Waals surface area contributed by atoms with Crippen LogP contribution in [0.2, 0.25) is 0 Å². The van der Waals surface area contributed by atoms with Crippen LogP contribution in [-0.2, 0) is 14.3 Å². The molecule has 0 aliphatic rings. The molecule has 3 N–H and O–H groups in total. The molecule has 2 atom stereocenters. The van der Waals surface area contributed by atoms with Crippen molar-refractivity contribution in [3.63, 3.8) is 0 Å². The van der Waals surface area contributed by atoms with E-state index in [4.69, 9.17) is 4.74 Å². The number of ether oxygens (including phenoxy) is 1. The van der Waals surface area contributed by atoms with Gasteiger partial charge in [0, 0.05) is 12.8 Å². The van der Waals surface area contributed by atoms with Crippen LogP contribution in [0.15, 0.2) is 12.2 Å². The first-order chi connectivity index (χ1) is 38.5. The van der Waals surface area contributed by atoms with E-state index >= 15 is 0 Å². The van der Waals surface area contributed by atoms with Crippen molar-refractivity contribution in [2.45, 2.75) is 424 Å². The quantitative estimate of drug-likeness (QED) is 0.0320. The molecule has 6 nitrogen and oxygen atoms in total. The monoisotopic (exact) mass is 1100 g/mol. The molecule has 0 aromatic carbocycles. The molecule has 0 aliphatic heterocycles. The van der Waals surface area contributed by atoms with E-state index < -0.39 is 12.1 Å². The van der Waals surface area contributed by atoms with E-state index in [-0.39, 0.29) is 18.5 Å². The third kappa shape index (κ3) is 63.8. The van der Waals surface area contributed by atoms with Gasteiger partial charge in [0.15, 0.2) is 0 Å². The Morgan fingerprint density at radius 2 is 0.603 bits per heavy atom. The fourth-order valence-electron chi connectivity index (χ4n) is 11.6. The van der Waals surface area contributed by atoms with E-state index in [9.17, 15) is 19.8 Å². The van der Waals surface area contributed by atoms with Crippen molar-refractivity contribution in [3.05, 3.63) is 12.2 Å². The molecule has 464 valence electrons. The van der Waals surface area contributed by atoms with E-state index in [1.165, 1.54) is 340 Å². The van der Waals surface area contributed by atoms with Gasteiger partial charge in [-0.2, -0.15) is 0 Å². The van der Waals surface area contributed by atoms with Gasteiger partial charge >= 0.3 is 5.97 Å². The summed E-state index contributed by atoms with van der Waals surface area (Å²) in [4.78, 5) is 24.6. The van der Waals surface area contributed by atoms with Crippen molar-refractivity contribution in [2.75, 3.05) is 13.2 Å². The average Bonchev–Trinajstić information content (AvgIpc) is 3.44. The Balaban J connectivity index is 3.29.